The molecule has 0 N–H and O–H groups in total. The van der Waals surface area contributed by atoms with Gasteiger partial charge in [0.25, 0.3) is 5.91 Å². The second-order valence-corrected chi connectivity index (χ2v) is 10.3. The summed E-state index contributed by atoms with van der Waals surface area (Å²) in [4.78, 5) is 28.2. The molecular weight excluding hydrogens is 448 g/mol. The second kappa shape index (κ2) is 7.89. The topological polar surface area (TPSA) is 58.0 Å². The first-order chi connectivity index (χ1) is 15.0. The van der Waals surface area contributed by atoms with Gasteiger partial charge in [0.05, 0.1) is 38.7 Å². The standard InChI is InChI=1S/C22H20N4O2S3/c1-5-26-20(27)19(21-25(3)16-11-14(28-4)7-9-18(16)30-21)31-22(26)24-13-6-8-17-15(10-13)23-12(2)29-17/h6-11H,5H2,1-4H3. The number of nitrogens with zero attached hydrogens (tertiary/aromatic N) is 4. The Hall–Kier alpha value is -2.49. The summed E-state index contributed by atoms with van der Waals surface area (Å²) in [6.07, 6.45) is 0. The molecule has 3 heterocycles. The quantitative estimate of drug-likeness (QED) is 0.466. The van der Waals surface area contributed by atoms with Crippen LogP contribution >= 0.6 is 34.9 Å². The average molecular weight is 469 g/mol. The molecule has 0 saturated carbocycles. The molecule has 6 nitrogen and oxygen atoms in total. The summed E-state index contributed by atoms with van der Waals surface area (Å²) in [6.45, 7) is 4.54. The van der Waals surface area contributed by atoms with Gasteiger partial charge in [-0.25, -0.2) is 9.98 Å². The molecule has 1 amide bonds. The number of rotatable bonds is 3. The van der Waals surface area contributed by atoms with E-state index >= 15 is 0 Å². The molecule has 9 heteroatoms. The van der Waals surface area contributed by atoms with Crippen molar-refractivity contribution < 1.29 is 9.53 Å². The lowest BCUT2D eigenvalue weighted by Crippen LogP contribution is -2.29. The Morgan fingerprint density at radius 3 is 2.77 bits per heavy atom. The van der Waals surface area contributed by atoms with E-state index in [1.165, 1.54) is 11.8 Å². The van der Waals surface area contributed by atoms with E-state index in [1.54, 1.807) is 35.1 Å². The molecule has 0 bridgehead atoms. The molecule has 2 aromatic carbocycles. The van der Waals surface area contributed by atoms with Crippen LogP contribution < -0.4 is 9.64 Å². The van der Waals surface area contributed by atoms with Crippen molar-refractivity contribution in [3.05, 3.63) is 51.3 Å². The highest BCUT2D eigenvalue weighted by Crippen LogP contribution is 2.51. The molecule has 0 unspecified atom stereocenters. The fourth-order valence-corrected chi connectivity index (χ4v) is 6.76. The number of anilines is 1. The first-order valence-electron chi connectivity index (χ1n) is 9.78. The Kier molecular flexibility index (Phi) is 5.19. The van der Waals surface area contributed by atoms with Crippen LogP contribution in [0.2, 0.25) is 0 Å². The van der Waals surface area contributed by atoms with E-state index in [0.717, 1.165) is 42.3 Å². The van der Waals surface area contributed by atoms with E-state index in [1.807, 2.05) is 57.3 Å². The molecule has 0 radical (unpaired) electrons. The van der Waals surface area contributed by atoms with Gasteiger partial charge in [0, 0.05) is 24.6 Å². The van der Waals surface area contributed by atoms with Gasteiger partial charge in [-0.15, -0.1) is 11.3 Å². The summed E-state index contributed by atoms with van der Waals surface area (Å²) >= 11 is 4.71. The minimum absolute atomic E-state index is 0.00838. The van der Waals surface area contributed by atoms with Gasteiger partial charge in [0.1, 0.15) is 10.7 Å². The molecule has 158 valence electrons. The van der Waals surface area contributed by atoms with Gasteiger partial charge < -0.3 is 9.64 Å². The third-order valence-electron chi connectivity index (χ3n) is 5.12. The number of carbonyl (C=O) groups excluding carboxylic acids is 1. The Morgan fingerprint density at radius 2 is 2.00 bits per heavy atom. The summed E-state index contributed by atoms with van der Waals surface area (Å²) in [7, 11) is 3.64. The Labute approximate surface area is 193 Å². The zero-order valence-electron chi connectivity index (χ0n) is 17.5. The van der Waals surface area contributed by atoms with Crippen molar-refractivity contribution in [1.29, 1.82) is 0 Å². The molecule has 3 aromatic rings. The smallest absolute Gasteiger partial charge is 0.269 e. The van der Waals surface area contributed by atoms with Gasteiger partial charge in [-0.1, -0.05) is 11.8 Å². The molecule has 1 fully saturated rings. The number of methoxy groups -OCH3 is 1. The number of thiazole rings is 1. The molecule has 5 rings (SSSR count). The lowest BCUT2D eigenvalue weighted by atomic mass is 10.3. The number of thioether (sulfide) groups is 2. The van der Waals surface area contributed by atoms with Crippen LogP contribution in [-0.4, -0.2) is 41.7 Å². The number of benzene rings is 2. The van der Waals surface area contributed by atoms with Crippen molar-refractivity contribution in [3.63, 3.8) is 0 Å². The minimum Gasteiger partial charge on any atom is -0.497 e. The minimum atomic E-state index is -0.00838. The molecule has 0 spiro atoms. The number of aliphatic imine (C=N–C) groups is 1. The molecule has 2 aliphatic rings. The van der Waals surface area contributed by atoms with E-state index in [9.17, 15) is 4.79 Å². The van der Waals surface area contributed by atoms with Crippen molar-refractivity contribution in [1.82, 2.24) is 9.88 Å². The predicted octanol–water partition coefficient (Wildman–Crippen LogP) is 5.61. The van der Waals surface area contributed by atoms with Gasteiger partial charge in [0.15, 0.2) is 5.17 Å². The molecular formula is C22H20N4O2S3. The van der Waals surface area contributed by atoms with Gasteiger partial charge in [0.2, 0.25) is 0 Å². The number of aryl methyl sites for hydroxylation is 1. The van der Waals surface area contributed by atoms with E-state index in [0.29, 0.717) is 16.6 Å². The predicted molar refractivity (Wildman–Crippen MR) is 131 cm³/mol. The van der Waals surface area contributed by atoms with Crippen LogP contribution in [0.15, 0.2) is 56.2 Å². The number of aromatic nitrogens is 1. The zero-order valence-corrected chi connectivity index (χ0v) is 20.0. The first kappa shape index (κ1) is 20.4. The lowest BCUT2D eigenvalue weighted by Gasteiger charge is -2.15. The second-order valence-electron chi connectivity index (χ2n) is 7.06. The van der Waals surface area contributed by atoms with Crippen molar-refractivity contribution in [2.24, 2.45) is 4.99 Å². The summed E-state index contributed by atoms with van der Waals surface area (Å²) < 4.78 is 6.51. The van der Waals surface area contributed by atoms with Crippen LogP contribution in [0.25, 0.3) is 10.2 Å². The fraction of sp³-hybridized carbons (Fsp3) is 0.227. The molecule has 0 atom stereocenters. The normalized spacial score (nSPS) is 19.7. The molecule has 31 heavy (non-hydrogen) atoms. The number of hydrogen-bond donors (Lipinski definition) is 0. The van der Waals surface area contributed by atoms with Gasteiger partial charge >= 0.3 is 0 Å². The highest BCUT2D eigenvalue weighted by Gasteiger charge is 2.38. The molecule has 2 aliphatic heterocycles. The van der Waals surface area contributed by atoms with E-state index in [4.69, 9.17) is 9.73 Å². The third kappa shape index (κ3) is 3.50. The summed E-state index contributed by atoms with van der Waals surface area (Å²) in [5, 5.41) is 2.65. The van der Waals surface area contributed by atoms with Crippen molar-refractivity contribution in [2.75, 3.05) is 25.6 Å². The summed E-state index contributed by atoms with van der Waals surface area (Å²) in [6, 6.07) is 12.0. The lowest BCUT2D eigenvalue weighted by molar-refractivity contribution is -0.122. The fourth-order valence-electron chi connectivity index (χ4n) is 3.56. The van der Waals surface area contributed by atoms with Crippen molar-refractivity contribution in [3.8, 4) is 5.75 Å². The van der Waals surface area contributed by atoms with E-state index in [2.05, 4.69) is 9.88 Å². The maximum Gasteiger partial charge on any atom is 0.269 e. The number of amides is 1. The van der Waals surface area contributed by atoms with Crippen molar-refractivity contribution >= 4 is 67.5 Å². The van der Waals surface area contributed by atoms with Crippen LogP contribution in [0.4, 0.5) is 11.4 Å². The van der Waals surface area contributed by atoms with Crippen LogP contribution in [0.5, 0.6) is 5.75 Å². The van der Waals surface area contributed by atoms with Crippen molar-refractivity contribution in [2.45, 2.75) is 18.7 Å². The Bertz CT molecular complexity index is 1280. The van der Waals surface area contributed by atoms with E-state index in [-0.39, 0.29) is 5.91 Å². The molecule has 1 saturated heterocycles. The maximum atomic E-state index is 13.3. The van der Waals surface area contributed by atoms with Gasteiger partial charge in [-0.2, -0.15) is 0 Å². The number of hydrogen-bond acceptors (Lipinski definition) is 8. The van der Waals surface area contributed by atoms with Gasteiger partial charge in [-0.3, -0.25) is 9.69 Å². The number of fused-ring (bicyclic) bond motifs is 2. The van der Waals surface area contributed by atoms with Crippen LogP contribution in [-0.2, 0) is 4.79 Å². The average Bonchev–Trinajstić information content (AvgIpc) is 3.39. The molecule has 1 aromatic heterocycles. The largest absolute Gasteiger partial charge is 0.497 e. The Balaban J connectivity index is 1.52. The first-order valence-corrected chi connectivity index (χ1v) is 12.2. The summed E-state index contributed by atoms with van der Waals surface area (Å²) in [5.74, 6) is 0.791. The maximum absolute atomic E-state index is 13.3. The van der Waals surface area contributed by atoms with Crippen LogP contribution in [0.1, 0.15) is 11.9 Å². The monoisotopic (exact) mass is 468 g/mol. The molecule has 0 aliphatic carbocycles. The highest BCUT2D eigenvalue weighted by molar-refractivity contribution is 8.19. The van der Waals surface area contributed by atoms with Gasteiger partial charge in [-0.05, 0) is 55.9 Å². The zero-order chi connectivity index (χ0) is 21.7. The number of carbonyl (C=O) groups is 1. The Morgan fingerprint density at radius 1 is 1.16 bits per heavy atom. The number of amidine groups is 1. The third-order valence-corrected chi connectivity index (χ3v) is 8.50. The number of ether oxygens (including phenoxy) is 1. The highest BCUT2D eigenvalue weighted by atomic mass is 32.2. The van der Waals surface area contributed by atoms with Crippen LogP contribution in [0, 0.1) is 6.92 Å². The number of likely N-dealkylation sites (N-methyl/N-ethyl adjacent to an activating group) is 1. The SMILES string of the molecule is CCN1C(=O)C(=C2Sc3ccc(OC)cc3N2C)SC1=Nc1ccc2sc(C)nc2c1. The van der Waals surface area contributed by atoms with Crippen LogP contribution in [0.3, 0.4) is 0 Å². The summed E-state index contributed by atoms with van der Waals surface area (Å²) in [5.41, 5.74) is 2.78. The van der Waals surface area contributed by atoms with E-state index < -0.39 is 0 Å².